The minimum absolute atomic E-state index is 0.163. The van der Waals surface area contributed by atoms with Gasteiger partial charge in [-0.15, -0.1) is 11.3 Å². The van der Waals surface area contributed by atoms with Crippen molar-refractivity contribution in [2.45, 2.75) is 45.1 Å². The fraction of sp³-hybridized carbons (Fsp3) is 0.389. The second-order valence-corrected chi connectivity index (χ2v) is 6.91. The third-order valence-corrected chi connectivity index (χ3v) is 4.64. The van der Waals surface area contributed by atoms with Crippen LogP contribution in [-0.2, 0) is 16.0 Å². The first kappa shape index (κ1) is 18.1. The minimum Gasteiger partial charge on any atom is -0.481 e. The second kappa shape index (κ2) is 8.59. The fourth-order valence-corrected chi connectivity index (χ4v) is 3.06. The van der Waals surface area contributed by atoms with Gasteiger partial charge in [0.2, 0.25) is 5.91 Å². The van der Waals surface area contributed by atoms with Gasteiger partial charge in [0.25, 0.3) is 0 Å². The highest BCUT2D eigenvalue weighted by atomic mass is 32.1. The Bertz CT molecular complexity index is 666. The van der Waals surface area contributed by atoms with Crippen LogP contribution < -0.4 is 5.32 Å². The molecule has 128 valence electrons. The summed E-state index contributed by atoms with van der Waals surface area (Å²) in [5, 5.41) is 14.2. The van der Waals surface area contributed by atoms with E-state index in [2.05, 4.69) is 36.3 Å². The van der Waals surface area contributed by atoms with Crippen LogP contribution in [0, 0.1) is 0 Å². The Kier molecular flexibility index (Phi) is 6.49. The van der Waals surface area contributed by atoms with Crippen molar-refractivity contribution in [2.24, 2.45) is 0 Å². The Morgan fingerprint density at radius 3 is 2.50 bits per heavy atom. The fourth-order valence-electron chi connectivity index (χ4n) is 2.37. The van der Waals surface area contributed by atoms with Crippen molar-refractivity contribution >= 4 is 23.2 Å². The van der Waals surface area contributed by atoms with Crippen molar-refractivity contribution in [3.05, 3.63) is 52.0 Å². The number of nitrogens with zero attached hydrogens (tertiary/aromatic N) is 1. The highest BCUT2D eigenvalue weighted by Crippen LogP contribution is 2.20. The molecule has 1 aromatic carbocycles. The van der Waals surface area contributed by atoms with E-state index in [0.29, 0.717) is 23.8 Å². The molecule has 6 heteroatoms. The van der Waals surface area contributed by atoms with Gasteiger partial charge in [0.1, 0.15) is 5.01 Å². The molecule has 0 aliphatic carbocycles. The molecule has 1 aromatic heterocycles. The van der Waals surface area contributed by atoms with Crippen LogP contribution in [0.4, 0.5) is 0 Å². The summed E-state index contributed by atoms with van der Waals surface area (Å²) in [5.74, 6) is -0.637. The zero-order valence-electron chi connectivity index (χ0n) is 13.9. The summed E-state index contributed by atoms with van der Waals surface area (Å²) in [6.45, 7) is 4.29. The first-order valence-electron chi connectivity index (χ1n) is 7.95. The molecule has 0 saturated carbocycles. The average molecular weight is 346 g/mol. The van der Waals surface area contributed by atoms with Gasteiger partial charge in [0.05, 0.1) is 12.5 Å². The number of thiazole rings is 1. The van der Waals surface area contributed by atoms with Crippen LogP contribution in [0.3, 0.4) is 0 Å². The van der Waals surface area contributed by atoms with Gasteiger partial charge < -0.3 is 10.4 Å². The molecule has 24 heavy (non-hydrogen) atoms. The molecule has 1 unspecified atom stereocenters. The molecule has 0 fully saturated rings. The lowest BCUT2D eigenvalue weighted by Crippen LogP contribution is -2.30. The number of hydrogen-bond acceptors (Lipinski definition) is 4. The number of nitrogens with one attached hydrogen (secondary N) is 1. The number of benzene rings is 1. The number of carboxylic acid groups (broad SMARTS) is 1. The minimum atomic E-state index is -0.959. The van der Waals surface area contributed by atoms with Crippen molar-refractivity contribution in [3.8, 4) is 0 Å². The molecule has 5 nitrogen and oxygen atoms in total. The summed E-state index contributed by atoms with van der Waals surface area (Å²) in [5.41, 5.74) is 2.37. The number of aryl methyl sites for hydroxylation is 1. The normalized spacial score (nSPS) is 12.1. The predicted octanol–water partition coefficient (Wildman–Crippen LogP) is 3.53. The zero-order valence-corrected chi connectivity index (χ0v) is 14.7. The third kappa shape index (κ3) is 5.45. The third-order valence-electron chi connectivity index (χ3n) is 3.75. The van der Waals surface area contributed by atoms with E-state index < -0.39 is 12.0 Å². The Balaban J connectivity index is 1.90. The highest BCUT2D eigenvalue weighted by Gasteiger charge is 2.20. The van der Waals surface area contributed by atoms with Gasteiger partial charge in [-0.05, 0) is 23.5 Å². The van der Waals surface area contributed by atoms with Gasteiger partial charge >= 0.3 is 5.97 Å². The van der Waals surface area contributed by atoms with Gasteiger partial charge in [0.15, 0.2) is 0 Å². The number of aliphatic carboxylic acids is 1. The lowest BCUT2D eigenvalue weighted by atomic mass is 10.0. The second-order valence-electron chi connectivity index (χ2n) is 5.98. The summed E-state index contributed by atoms with van der Waals surface area (Å²) < 4.78 is 0. The number of carbonyl (C=O) groups excluding carboxylic acids is 1. The van der Waals surface area contributed by atoms with Crippen LogP contribution in [0.5, 0.6) is 0 Å². The Morgan fingerprint density at radius 2 is 1.96 bits per heavy atom. The van der Waals surface area contributed by atoms with E-state index in [-0.39, 0.29) is 12.3 Å². The predicted molar refractivity (Wildman–Crippen MR) is 94.1 cm³/mol. The zero-order chi connectivity index (χ0) is 17.5. The lowest BCUT2D eigenvalue weighted by molar-refractivity contribution is -0.137. The number of hydrogen-bond donors (Lipinski definition) is 2. The first-order chi connectivity index (χ1) is 11.5. The Labute approximate surface area is 145 Å². The molecule has 0 spiro atoms. The molecule has 0 aliphatic rings. The number of carboxylic acids is 1. The summed E-state index contributed by atoms with van der Waals surface area (Å²) in [6.07, 6.45) is 2.39. The molecule has 1 amide bonds. The van der Waals surface area contributed by atoms with Crippen LogP contribution in [0.15, 0.2) is 35.8 Å². The summed E-state index contributed by atoms with van der Waals surface area (Å²) in [4.78, 5) is 27.2. The molecule has 1 heterocycles. The van der Waals surface area contributed by atoms with E-state index in [1.165, 1.54) is 16.9 Å². The standard InChI is InChI=1S/C18H22N2O3S/c1-12(2)14-6-3-13(4-7-14)5-8-16(21)20-15(11-17(22)23)18-19-9-10-24-18/h3-4,6-7,9-10,12,15H,5,8,11H2,1-2H3,(H,20,21)(H,22,23). The van der Waals surface area contributed by atoms with E-state index in [9.17, 15) is 9.59 Å². The topological polar surface area (TPSA) is 79.3 Å². The van der Waals surface area contributed by atoms with Gasteiger partial charge in [-0.1, -0.05) is 38.1 Å². The van der Waals surface area contributed by atoms with Crippen LogP contribution in [0.1, 0.15) is 54.8 Å². The maximum absolute atomic E-state index is 12.2. The van der Waals surface area contributed by atoms with E-state index in [4.69, 9.17) is 5.11 Å². The number of carbonyl (C=O) groups is 2. The quantitative estimate of drug-likeness (QED) is 0.766. The molecule has 2 N–H and O–H groups in total. The summed E-state index contributed by atoms with van der Waals surface area (Å²) >= 11 is 1.34. The van der Waals surface area contributed by atoms with Crippen molar-refractivity contribution < 1.29 is 14.7 Å². The van der Waals surface area contributed by atoms with Crippen LogP contribution in [0.25, 0.3) is 0 Å². The molecular formula is C18H22N2O3S. The molecule has 0 bridgehead atoms. The van der Waals surface area contributed by atoms with E-state index in [0.717, 1.165) is 5.56 Å². The molecule has 2 rings (SSSR count). The van der Waals surface area contributed by atoms with Crippen LogP contribution >= 0.6 is 11.3 Å². The van der Waals surface area contributed by atoms with Gasteiger partial charge in [-0.3, -0.25) is 9.59 Å². The molecule has 0 radical (unpaired) electrons. The van der Waals surface area contributed by atoms with Crippen molar-refractivity contribution in [1.82, 2.24) is 10.3 Å². The van der Waals surface area contributed by atoms with Crippen molar-refractivity contribution in [1.29, 1.82) is 0 Å². The van der Waals surface area contributed by atoms with Crippen molar-refractivity contribution in [3.63, 3.8) is 0 Å². The Hall–Kier alpha value is -2.21. The SMILES string of the molecule is CC(C)c1ccc(CCC(=O)NC(CC(=O)O)c2nccs2)cc1. The van der Waals surface area contributed by atoms with Crippen LogP contribution in [-0.4, -0.2) is 22.0 Å². The van der Waals surface area contributed by atoms with Crippen molar-refractivity contribution in [2.75, 3.05) is 0 Å². The largest absolute Gasteiger partial charge is 0.481 e. The van der Waals surface area contributed by atoms with Gasteiger partial charge in [-0.25, -0.2) is 4.98 Å². The number of aromatic nitrogens is 1. The van der Waals surface area contributed by atoms with Gasteiger partial charge in [0, 0.05) is 18.0 Å². The molecule has 0 saturated heterocycles. The Morgan fingerprint density at radius 1 is 1.25 bits per heavy atom. The number of amides is 1. The van der Waals surface area contributed by atoms with Gasteiger partial charge in [-0.2, -0.15) is 0 Å². The molecule has 2 aromatic rings. The lowest BCUT2D eigenvalue weighted by Gasteiger charge is -2.14. The monoisotopic (exact) mass is 346 g/mol. The average Bonchev–Trinajstić information content (AvgIpc) is 3.06. The van der Waals surface area contributed by atoms with Crippen LogP contribution in [0.2, 0.25) is 0 Å². The van der Waals surface area contributed by atoms with E-state index >= 15 is 0 Å². The summed E-state index contributed by atoms with van der Waals surface area (Å²) in [6, 6.07) is 7.68. The smallest absolute Gasteiger partial charge is 0.305 e. The molecule has 1 atom stereocenters. The number of rotatable bonds is 8. The van der Waals surface area contributed by atoms with E-state index in [1.807, 2.05) is 12.1 Å². The molecular weight excluding hydrogens is 324 g/mol. The maximum Gasteiger partial charge on any atom is 0.305 e. The first-order valence-corrected chi connectivity index (χ1v) is 8.83. The molecule has 0 aliphatic heterocycles. The van der Waals surface area contributed by atoms with E-state index in [1.54, 1.807) is 11.6 Å². The maximum atomic E-state index is 12.2. The summed E-state index contributed by atoms with van der Waals surface area (Å²) in [7, 11) is 0. The highest BCUT2D eigenvalue weighted by molar-refractivity contribution is 7.09.